The number of ether oxygens (including phenoxy) is 1. The molecular formula is C11H25NO. The Balaban J connectivity index is 3.72. The van der Waals surface area contributed by atoms with Crippen LogP contribution in [0.25, 0.3) is 0 Å². The minimum atomic E-state index is 0.276. The van der Waals surface area contributed by atoms with Crippen molar-refractivity contribution >= 4 is 0 Å². The largest absolute Gasteiger partial charge is 0.367 e. The second-order valence-electron chi connectivity index (χ2n) is 3.58. The highest BCUT2D eigenvalue weighted by Gasteiger charge is 2.10. The van der Waals surface area contributed by atoms with Crippen molar-refractivity contribution in [3.05, 3.63) is 0 Å². The molecular weight excluding hydrogens is 162 g/mol. The standard InChI is InChI=1S/C11H25NO/c1-5-7-9-12(10-8-6-2)11(3)13-4/h11H,5-10H2,1-4H3. The normalized spacial score (nSPS) is 13.6. The monoisotopic (exact) mass is 187 g/mol. The average molecular weight is 187 g/mol. The summed E-state index contributed by atoms with van der Waals surface area (Å²) in [6.45, 7) is 8.94. The number of hydrogen-bond acceptors (Lipinski definition) is 2. The maximum absolute atomic E-state index is 5.33. The SMILES string of the molecule is CCCCN(CCCC)C(C)OC. The Hall–Kier alpha value is -0.0800. The van der Waals surface area contributed by atoms with E-state index in [1.54, 1.807) is 7.11 Å². The highest BCUT2D eigenvalue weighted by Crippen LogP contribution is 2.04. The molecule has 0 aliphatic carbocycles. The molecule has 0 amide bonds. The van der Waals surface area contributed by atoms with Crippen LogP contribution in [-0.4, -0.2) is 31.3 Å². The lowest BCUT2D eigenvalue weighted by molar-refractivity contribution is -0.0200. The van der Waals surface area contributed by atoms with Gasteiger partial charge in [0.15, 0.2) is 0 Å². The molecule has 2 heteroatoms. The lowest BCUT2D eigenvalue weighted by atomic mass is 10.2. The molecule has 0 spiro atoms. The van der Waals surface area contributed by atoms with E-state index in [0.29, 0.717) is 0 Å². The van der Waals surface area contributed by atoms with Crippen LogP contribution in [0.2, 0.25) is 0 Å². The van der Waals surface area contributed by atoms with Gasteiger partial charge in [-0.2, -0.15) is 0 Å². The zero-order chi connectivity index (χ0) is 10.1. The number of methoxy groups -OCH3 is 1. The smallest absolute Gasteiger partial charge is 0.107 e. The molecule has 0 saturated heterocycles. The Labute approximate surface area is 83.3 Å². The topological polar surface area (TPSA) is 12.5 Å². The molecule has 0 heterocycles. The molecule has 0 N–H and O–H groups in total. The molecule has 0 radical (unpaired) electrons. The molecule has 0 bridgehead atoms. The minimum absolute atomic E-state index is 0.276. The van der Waals surface area contributed by atoms with Crippen LogP contribution >= 0.6 is 0 Å². The van der Waals surface area contributed by atoms with Crippen LogP contribution in [0.5, 0.6) is 0 Å². The van der Waals surface area contributed by atoms with Gasteiger partial charge in [-0.15, -0.1) is 0 Å². The maximum Gasteiger partial charge on any atom is 0.107 e. The molecule has 0 aromatic heterocycles. The summed E-state index contributed by atoms with van der Waals surface area (Å²) in [6.07, 6.45) is 5.35. The van der Waals surface area contributed by atoms with Crippen LogP contribution in [0.4, 0.5) is 0 Å². The first-order valence-corrected chi connectivity index (χ1v) is 5.53. The average Bonchev–Trinajstić information content (AvgIpc) is 2.17. The van der Waals surface area contributed by atoms with E-state index >= 15 is 0 Å². The molecule has 0 aliphatic heterocycles. The first-order valence-electron chi connectivity index (χ1n) is 5.53. The molecule has 0 aliphatic rings. The van der Waals surface area contributed by atoms with Gasteiger partial charge >= 0.3 is 0 Å². The van der Waals surface area contributed by atoms with Gasteiger partial charge in [-0.1, -0.05) is 26.7 Å². The predicted octanol–water partition coefficient (Wildman–Crippen LogP) is 2.88. The van der Waals surface area contributed by atoms with Crippen molar-refractivity contribution in [2.75, 3.05) is 20.2 Å². The fourth-order valence-corrected chi connectivity index (χ4v) is 1.35. The van der Waals surface area contributed by atoms with Gasteiger partial charge in [-0.25, -0.2) is 0 Å². The van der Waals surface area contributed by atoms with Gasteiger partial charge in [-0.05, 0) is 19.8 Å². The summed E-state index contributed by atoms with van der Waals surface area (Å²) < 4.78 is 5.33. The van der Waals surface area contributed by atoms with E-state index in [1.165, 1.54) is 38.8 Å². The number of rotatable bonds is 8. The highest BCUT2D eigenvalue weighted by atomic mass is 16.5. The summed E-state index contributed by atoms with van der Waals surface area (Å²) in [4.78, 5) is 2.42. The molecule has 13 heavy (non-hydrogen) atoms. The number of hydrogen-bond donors (Lipinski definition) is 0. The Kier molecular flexibility index (Phi) is 8.46. The molecule has 1 unspecified atom stereocenters. The molecule has 1 atom stereocenters. The summed E-state index contributed by atoms with van der Waals surface area (Å²) in [6, 6.07) is 0. The van der Waals surface area contributed by atoms with E-state index in [9.17, 15) is 0 Å². The van der Waals surface area contributed by atoms with Gasteiger partial charge in [0.1, 0.15) is 6.23 Å². The number of unbranched alkanes of at least 4 members (excludes halogenated alkanes) is 2. The van der Waals surface area contributed by atoms with E-state index in [-0.39, 0.29) is 6.23 Å². The maximum atomic E-state index is 5.33. The summed E-state index contributed by atoms with van der Waals surface area (Å²) in [5.74, 6) is 0. The lowest BCUT2D eigenvalue weighted by Gasteiger charge is -2.27. The fourth-order valence-electron chi connectivity index (χ4n) is 1.35. The van der Waals surface area contributed by atoms with Crippen LogP contribution < -0.4 is 0 Å². The van der Waals surface area contributed by atoms with E-state index in [1.807, 2.05) is 0 Å². The van der Waals surface area contributed by atoms with Crippen LogP contribution in [0.1, 0.15) is 46.5 Å². The minimum Gasteiger partial charge on any atom is -0.367 e. The third-order valence-electron chi connectivity index (χ3n) is 2.45. The van der Waals surface area contributed by atoms with E-state index in [4.69, 9.17) is 4.74 Å². The van der Waals surface area contributed by atoms with Crippen molar-refractivity contribution in [2.45, 2.75) is 52.7 Å². The predicted molar refractivity (Wildman–Crippen MR) is 57.9 cm³/mol. The Morgan fingerprint density at radius 3 is 1.85 bits per heavy atom. The Bertz CT molecular complexity index is 98.3. The van der Waals surface area contributed by atoms with Crippen molar-refractivity contribution in [3.8, 4) is 0 Å². The van der Waals surface area contributed by atoms with Gasteiger partial charge < -0.3 is 4.74 Å². The van der Waals surface area contributed by atoms with Crippen molar-refractivity contribution in [2.24, 2.45) is 0 Å². The van der Waals surface area contributed by atoms with Crippen molar-refractivity contribution < 1.29 is 4.74 Å². The fraction of sp³-hybridized carbons (Fsp3) is 1.00. The summed E-state index contributed by atoms with van der Waals surface area (Å²) in [5.41, 5.74) is 0. The van der Waals surface area contributed by atoms with Crippen molar-refractivity contribution in [3.63, 3.8) is 0 Å². The zero-order valence-corrected chi connectivity index (χ0v) is 9.68. The molecule has 2 nitrogen and oxygen atoms in total. The molecule has 0 saturated carbocycles. The third-order valence-corrected chi connectivity index (χ3v) is 2.45. The van der Waals surface area contributed by atoms with Crippen LogP contribution in [0.15, 0.2) is 0 Å². The zero-order valence-electron chi connectivity index (χ0n) is 9.68. The van der Waals surface area contributed by atoms with Gasteiger partial charge in [0.2, 0.25) is 0 Å². The summed E-state index contributed by atoms with van der Waals surface area (Å²) in [5, 5.41) is 0. The molecule has 0 fully saturated rings. The first-order chi connectivity index (χ1) is 6.26. The van der Waals surface area contributed by atoms with Crippen molar-refractivity contribution in [1.29, 1.82) is 0 Å². The van der Waals surface area contributed by atoms with Crippen LogP contribution in [0.3, 0.4) is 0 Å². The van der Waals surface area contributed by atoms with Crippen molar-refractivity contribution in [1.82, 2.24) is 4.90 Å². The van der Waals surface area contributed by atoms with E-state index in [2.05, 4.69) is 25.7 Å². The first kappa shape index (κ1) is 12.9. The van der Waals surface area contributed by atoms with E-state index in [0.717, 1.165) is 0 Å². The van der Waals surface area contributed by atoms with Crippen LogP contribution in [0, 0.1) is 0 Å². The second-order valence-corrected chi connectivity index (χ2v) is 3.58. The summed E-state index contributed by atoms with van der Waals surface area (Å²) in [7, 11) is 1.79. The Morgan fingerprint density at radius 2 is 1.54 bits per heavy atom. The lowest BCUT2D eigenvalue weighted by Crippen LogP contribution is -2.35. The second kappa shape index (κ2) is 8.52. The highest BCUT2D eigenvalue weighted by molar-refractivity contribution is 4.58. The molecule has 80 valence electrons. The third kappa shape index (κ3) is 6.05. The van der Waals surface area contributed by atoms with Gasteiger partial charge in [-0.3, -0.25) is 4.90 Å². The molecule has 0 aromatic carbocycles. The van der Waals surface area contributed by atoms with Gasteiger partial charge in [0.25, 0.3) is 0 Å². The number of nitrogens with zero attached hydrogens (tertiary/aromatic N) is 1. The molecule has 0 rings (SSSR count). The van der Waals surface area contributed by atoms with Gasteiger partial charge in [0, 0.05) is 20.2 Å². The summed E-state index contributed by atoms with van der Waals surface area (Å²) >= 11 is 0. The molecule has 0 aromatic rings. The van der Waals surface area contributed by atoms with Crippen LogP contribution in [-0.2, 0) is 4.74 Å². The quantitative estimate of drug-likeness (QED) is 0.542. The van der Waals surface area contributed by atoms with E-state index < -0.39 is 0 Å². The Morgan fingerprint density at radius 1 is 1.08 bits per heavy atom. The van der Waals surface area contributed by atoms with Gasteiger partial charge in [0.05, 0.1) is 0 Å².